The Morgan fingerprint density at radius 3 is 2.60 bits per heavy atom. The lowest BCUT2D eigenvalue weighted by Gasteiger charge is -2.33. The summed E-state index contributed by atoms with van der Waals surface area (Å²) in [6.07, 6.45) is 5.10. The normalized spacial score (nSPS) is 16.2. The van der Waals surface area contributed by atoms with E-state index in [2.05, 4.69) is 60.8 Å². The van der Waals surface area contributed by atoms with Gasteiger partial charge in [0.2, 0.25) is 5.91 Å². The number of aryl methyl sites for hydroxylation is 1. The molecule has 2 heterocycles. The Morgan fingerprint density at radius 2 is 1.83 bits per heavy atom. The Hall–Kier alpha value is -3.28. The fraction of sp³-hybridized carbons (Fsp3) is 0.448. The van der Waals surface area contributed by atoms with Crippen LogP contribution in [0.1, 0.15) is 63.4 Å². The van der Waals surface area contributed by atoms with Crippen LogP contribution in [-0.2, 0) is 24.4 Å². The second-order valence-corrected chi connectivity index (χ2v) is 10.1. The quantitative estimate of drug-likeness (QED) is 0.487. The van der Waals surface area contributed by atoms with E-state index in [0.29, 0.717) is 44.5 Å². The predicted molar refractivity (Wildman–Crippen MR) is 140 cm³/mol. The number of benzene rings is 2. The number of rotatable bonds is 6. The third kappa shape index (κ3) is 6.24. The van der Waals surface area contributed by atoms with E-state index in [-0.39, 0.29) is 11.9 Å². The van der Waals surface area contributed by atoms with Crippen molar-refractivity contribution in [2.45, 2.75) is 72.1 Å². The molecular formula is C29H38N4O2. The van der Waals surface area contributed by atoms with E-state index >= 15 is 0 Å². The number of hydrogen-bond acceptors (Lipinski definition) is 4. The molecule has 0 fully saturated rings. The van der Waals surface area contributed by atoms with Crippen LogP contribution in [-0.4, -0.2) is 33.0 Å². The van der Waals surface area contributed by atoms with Crippen molar-refractivity contribution < 1.29 is 9.53 Å². The Kier molecular flexibility index (Phi) is 8.11. The van der Waals surface area contributed by atoms with Crippen molar-refractivity contribution in [2.75, 3.05) is 11.9 Å². The summed E-state index contributed by atoms with van der Waals surface area (Å²) in [6.45, 7) is 11.0. The number of aromatic nitrogens is 2. The molecule has 0 unspecified atom stereocenters. The summed E-state index contributed by atoms with van der Waals surface area (Å²) in [5.74, 6) is 2.79. The smallest absolute Gasteiger partial charge is 0.225 e. The first kappa shape index (κ1) is 24.8. The minimum atomic E-state index is -0.0194. The lowest BCUT2D eigenvalue weighted by Crippen LogP contribution is -2.44. The van der Waals surface area contributed by atoms with Gasteiger partial charge in [-0.25, -0.2) is 4.98 Å². The minimum absolute atomic E-state index is 0.0194. The average Bonchev–Trinajstić information content (AvgIpc) is 3.31. The van der Waals surface area contributed by atoms with Crippen molar-refractivity contribution in [3.05, 3.63) is 77.9 Å². The fourth-order valence-electron chi connectivity index (χ4n) is 4.80. The van der Waals surface area contributed by atoms with Crippen LogP contribution in [0.3, 0.4) is 0 Å². The molecule has 1 aromatic heterocycles. The second-order valence-electron chi connectivity index (χ2n) is 10.1. The molecule has 0 spiro atoms. The van der Waals surface area contributed by atoms with Crippen molar-refractivity contribution >= 4 is 11.6 Å². The zero-order chi connectivity index (χ0) is 24.8. The standard InChI is InChI=1S/C29H38N4O2/c1-21(2)17-25-20-35-27-12-8-6-9-23(27)18-31-26-11-7-5-10-24(26)19-33(25)28(34)13-15-32-16-14-30-29(32)22(3)4/h5-12,14,16,21-22,25,31H,13,15,17-20H2,1-4H3/t25-/m0/s1. The lowest BCUT2D eigenvalue weighted by atomic mass is 10.0. The molecule has 0 aliphatic carbocycles. The maximum absolute atomic E-state index is 13.8. The molecule has 2 aromatic carbocycles. The molecule has 1 N–H and O–H groups in total. The van der Waals surface area contributed by atoms with Crippen molar-refractivity contribution in [3.63, 3.8) is 0 Å². The number of nitrogens with one attached hydrogen (secondary N) is 1. The third-order valence-corrected chi connectivity index (χ3v) is 6.57. The van der Waals surface area contributed by atoms with Crippen molar-refractivity contribution in [1.82, 2.24) is 14.5 Å². The van der Waals surface area contributed by atoms with Crippen LogP contribution < -0.4 is 10.1 Å². The molecule has 1 aliphatic rings. The van der Waals surface area contributed by atoms with E-state index in [1.54, 1.807) is 0 Å². The minimum Gasteiger partial charge on any atom is -0.491 e. The van der Waals surface area contributed by atoms with Gasteiger partial charge < -0.3 is 19.5 Å². The molecule has 186 valence electrons. The maximum Gasteiger partial charge on any atom is 0.225 e. The van der Waals surface area contributed by atoms with Gasteiger partial charge in [0.25, 0.3) is 0 Å². The van der Waals surface area contributed by atoms with E-state index in [0.717, 1.165) is 34.8 Å². The van der Waals surface area contributed by atoms with Crippen molar-refractivity contribution in [2.24, 2.45) is 5.92 Å². The number of anilines is 1. The highest BCUT2D eigenvalue weighted by Crippen LogP contribution is 2.27. The number of imidazole rings is 1. The van der Waals surface area contributed by atoms with Gasteiger partial charge in [-0.2, -0.15) is 0 Å². The highest BCUT2D eigenvalue weighted by molar-refractivity contribution is 5.77. The summed E-state index contributed by atoms with van der Waals surface area (Å²) in [5, 5.41) is 3.58. The lowest BCUT2D eigenvalue weighted by molar-refractivity contribution is -0.135. The molecule has 3 aromatic rings. The molecule has 1 atom stereocenters. The van der Waals surface area contributed by atoms with Crippen LogP contribution in [0.5, 0.6) is 5.75 Å². The van der Waals surface area contributed by atoms with Crippen molar-refractivity contribution in [3.8, 4) is 5.75 Å². The summed E-state index contributed by atoms with van der Waals surface area (Å²) < 4.78 is 8.47. The van der Waals surface area contributed by atoms with Crippen LogP contribution in [0.25, 0.3) is 0 Å². The monoisotopic (exact) mass is 474 g/mol. The predicted octanol–water partition coefficient (Wildman–Crippen LogP) is 5.84. The Balaban J connectivity index is 1.64. The second kappa shape index (κ2) is 11.4. The topological polar surface area (TPSA) is 59.4 Å². The number of carbonyl (C=O) groups is 1. The van der Waals surface area contributed by atoms with Gasteiger partial charge in [-0.05, 0) is 30.0 Å². The Bertz CT molecular complexity index is 1120. The molecule has 6 nitrogen and oxygen atoms in total. The molecular weight excluding hydrogens is 436 g/mol. The molecule has 0 saturated carbocycles. The van der Waals surface area contributed by atoms with Gasteiger partial charge in [0.05, 0.1) is 6.04 Å². The van der Waals surface area contributed by atoms with Gasteiger partial charge in [0, 0.05) is 55.6 Å². The SMILES string of the molecule is CC(C)C[C@H]1COc2ccccc2CNc2ccccc2CN1C(=O)CCn1ccnc1C(C)C. The number of carbonyl (C=O) groups excluding carboxylic acids is 1. The largest absolute Gasteiger partial charge is 0.491 e. The van der Waals surface area contributed by atoms with E-state index < -0.39 is 0 Å². The zero-order valence-corrected chi connectivity index (χ0v) is 21.4. The summed E-state index contributed by atoms with van der Waals surface area (Å²) in [6, 6.07) is 16.4. The summed E-state index contributed by atoms with van der Waals surface area (Å²) >= 11 is 0. The first-order chi connectivity index (χ1) is 16.9. The van der Waals surface area contributed by atoms with Gasteiger partial charge >= 0.3 is 0 Å². The highest BCUT2D eigenvalue weighted by atomic mass is 16.5. The molecule has 1 amide bonds. The van der Waals surface area contributed by atoms with Crippen LogP contribution in [0.4, 0.5) is 5.69 Å². The zero-order valence-electron chi connectivity index (χ0n) is 21.4. The first-order valence-electron chi connectivity index (χ1n) is 12.7. The molecule has 0 radical (unpaired) electrons. The average molecular weight is 475 g/mol. The van der Waals surface area contributed by atoms with E-state index in [1.807, 2.05) is 47.6 Å². The van der Waals surface area contributed by atoms with E-state index in [4.69, 9.17) is 4.74 Å². The maximum atomic E-state index is 13.8. The summed E-state index contributed by atoms with van der Waals surface area (Å²) in [4.78, 5) is 20.3. The number of hydrogen-bond donors (Lipinski definition) is 1. The van der Waals surface area contributed by atoms with Gasteiger partial charge in [-0.15, -0.1) is 0 Å². The van der Waals surface area contributed by atoms with Crippen LogP contribution in [0.15, 0.2) is 60.9 Å². The fourth-order valence-corrected chi connectivity index (χ4v) is 4.80. The highest BCUT2D eigenvalue weighted by Gasteiger charge is 2.27. The molecule has 0 bridgehead atoms. The van der Waals surface area contributed by atoms with Gasteiger partial charge in [-0.3, -0.25) is 4.79 Å². The third-order valence-electron chi connectivity index (χ3n) is 6.57. The van der Waals surface area contributed by atoms with Crippen LogP contribution >= 0.6 is 0 Å². The van der Waals surface area contributed by atoms with E-state index in [9.17, 15) is 4.79 Å². The number of nitrogens with zero attached hydrogens (tertiary/aromatic N) is 3. The first-order valence-corrected chi connectivity index (χ1v) is 12.7. The Labute approximate surface area is 209 Å². The Morgan fingerprint density at radius 1 is 1.09 bits per heavy atom. The number of amides is 1. The molecule has 6 heteroatoms. The number of para-hydroxylation sites is 2. The van der Waals surface area contributed by atoms with Crippen molar-refractivity contribution in [1.29, 1.82) is 0 Å². The number of ether oxygens (including phenoxy) is 1. The molecule has 1 aliphatic heterocycles. The van der Waals surface area contributed by atoms with Gasteiger partial charge in [0.1, 0.15) is 18.2 Å². The summed E-state index contributed by atoms with van der Waals surface area (Å²) in [7, 11) is 0. The van der Waals surface area contributed by atoms with Gasteiger partial charge in [-0.1, -0.05) is 64.1 Å². The van der Waals surface area contributed by atoms with Crippen LogP contribution in [0.2, 0.25) is 0 Å². The molecule has 35 heavy (non-hydrogen) atoms. The molecule has 4 rings (SSSR count). The van der Waals surface area contributed by atoms with Crippen LogP contribution in [0, 0.1) is 5.92 Å². The summed E-state index contributed by atoms with van der Waals surface area (Å²) in [5.41, 5.74) is 3.30. The molecule has 0 saturated heterocycles. The van der Waals surface area contributed by atoms with E-state index in [1.165, 1.54) is 0 Å². The number of fused-ring (bicyclic) bond motifs is 2. The van der Waals surface area contributed by atoms with Gasteiger partial charge in [0.15, 0.2) is 0 Å².